The fourth-order valence-corrected chi connectivity index (χ4v) is 3.01. The van der Waals surface area contributed by atoms with Crippen molar-refractivity contribution in [3.8, 4) is 0 Å². The highest BCUT2D eigenvalue weighted by Crippen LogP contribution is 2.37. The zero-order chi connectivity index (χ0) is 16.4. The van der Waals surface area contributed by atoms with Gasteiger partial charge in [-0.25, -0.2) is 19.9 Å². The van der Waals surface area contributed by atoms with E-state index in [1.165, 1.54) is 0 Å². The number of aromatic nitrogens is 4. The van der Waals surface area contributed by atoms with Gasteiger partial charge in [0.15, 0.2) is 0 Å². The Bertz CT molecular complexity index is 701. The number of carbonyl (C=O) groups excluding carboxylic acids is 1. The third-order valence-electron chi connectivity index (χ3n) is 4.47. The zero-order valence-electron chi connectivity index (χ0n) is 13.4. The van der Waals surface area contributed by atoms with Gasteiger partial charge in [0, 0.05) is 49.8 Å². The number of hydrogen-bond donors (Lipinski definition) is 1. The Hall–Kier alpha value is -2.57. The molecule has 124 valence electrons. The minimum atomic E-state index is -0.113. The van der Waals surface area contributed by atoms with E-state index < -0.39 is 0 Å². The molecule has 2 aliphatic rings. The molecule has 7 heteroatoms. The van der Waals surface area contributed by atoms with Gasteiger partial charge in [0.2, 0.25) is 5.95 Å². The molecule has 1 atom stereocenters. The van der Waals surface area contributed by atoms with Crippen LogP contribution in [0.15, 0.2) is 30.9 Å². The Kier molecular flexibility index (Phi) is 4.06. The van der Waals surface area contributed by atoms with Crippen molar-refractivity contribution in [1.29, 1.82) is 0 Å². The number of carbonyl (C=O) groups is 1. The van der Waals surface area contributed by atoms with Crippen LogP contribution >= 0.6 is 0 Å². The predicted octanol–water partition coefficient (Wildman–Crippen LogP) is 1.54. The average Bonchev–Trinajstić information content (AvgIpc) is 3.48. The van der Waals surface area contributed by atoms with Crippen molar-refractivity contribution in [2.75, 3.05) is 18.0 Å². The van der Waals surface area contributed by atoms with Gasteiger partial charge >= 0.3 is 0 Å². The van der Waals surface area contributed by atoms with Crippen LogP contribution in [0.2, 0.25) is 0 Å². The first-order valence-electron chi connectivity index (χ1n) is 8.44. The summed E-state index contributed by atoms with van der Waals surface area (Å²) in [6.45, 7) is 1.63. The van der Waals surface area contributed by atoms with Crippen molar-refractivity contribution in [1.82, 2.24) is 25.3 Å². The first-order valence-corrected chi connectivity index (χ1v) is 8.44. The van der Waals surface area contributed by atoms with Gasteiger partial charge in [-0.3, -0.25) is 4.79 Å². The van der Waals surface area contributed by atoms with Gasteiger partial charge in [0.1, 0.15) is 5.82 Å². The maximum atomic E-state index is 12.4. The molecule has 1 amide bonds. The highest BCUT2D eigenvalue weighted by atomic mass is 16.1. The van der Waals surface area contributed by atoms with Crippen LogP contribution in [0.1, 0.15) is 47.8 Å². The summed E-state index contributed by atoms with van der Waals surface area (Å²) >= 11 is 0. The number of rotatable bonds is 4. The van der Waals surface area contributed by atoms with Crippen molar-refractivity contribution < 1.29 is 4.79 Å². The molecule has 0 aromatic carbocycles. The fourth-order valence-electron chi connectivity index (χ4n) is 3.01. The molecule has 2 aromatic heterocycles. The molecule has 7 nitrogen and oxygen atoms in total. The molecular weight excluding hydrogens is 304 g/mol. The van der Waals surface area contributed by atoms with Crippen LogP contribution < -0.4 is 10.2 Å². The van der Waals surface area contributed by atoms with Gasteiger partial charge in [-0.2, -0.15) is 0 Å². The molecule has 1 saturated heterocycles. The minimum absolute atomic E-state index is 0.0816. The van der Waals surface area contributed by atoms with Crippen molar-refractivity contribution in [3.63, 3.8) is 0 Å². The summed E-state index contributed by atoms with van der Waals surface area (Å²) < 4.78 is 0. The van der Waals surface area contributed by atoms with Gasteiger partial charge < -0.3 is 10.2 Å². The lowest BCUT2D eigenvalue weighted by atomic mass is 10.1. The van der Waals surface area contributed by atoms with Gasteiger partial charge in [-0.15, -0.1) is 0 Å². The molecule has 24 heavy (non-hydrogen) atoms. The number of nitrogens with zero attached hydrogens (tertiary/aromatic N) is 5. The van der Waals surface area contributed by atoms with Crippen molar-refractivity contribution in [2.24, 2.45) is 0 Å². The van der Waals surface area contributed by atoms with Crippen molar-refractivity contribution >= 4 is 11.9 Å². The largest absolute Gasteiger partial charge is 0.347 e. The van der Waals surface area contributed by atoms with Crippen LogP contribution in [-0.4, -0.2) is 45.0 Å². The highest BCUT2D eigenvalue weighted by molar-refractivity contribution is 5.93. The standard InChI is InChI=1S/C17H20N6O/c24-16(13-9-20-15(21-10-13)12-4-5-12)22-14-3-1-8-23(11-14)17-18-6-2-7-19-17/h2,6-7,9-10,12,14H,1,3-5,8,11H2,(H,22,24)/t14-/m1/s1. The van der Waals surface area contributed by atoms with Crippen LogP contribution in [0.3, 0.4) is 0 Å². The smallest absolute Gasteiger partial charge is 0.254 e. The minimum Gasteiger partial charge on any atom is -0.347 e. The molecule has 0 bridgehead atoms. The monoisotopic (exact) mass is 324 g/mol. The second-order valence-corrected chi connectivity index (χ2v) is 6.41. The van der Waals surface area contributed by atoms with E-state index >= 15 is 0 Å². The average molecular weight is 324 g/mol. The fraction of sp³-hybridized carbons (Fsp3) is 0.471. The Labute approximate surface area is 140 Å². The number of piperidine rings is 1. The third-order valence-corrected chi connectivity index (χ3v) is 4.47. The summed E-state index contributed by atoms with van der Waals surface area (Å²) in [5.74, 6) is 1.96. The van der Waals surface area contributed by atoms with Gasteiger partial charge in [-0.1, -0.05) is 0 Å². The van der Waals surface area contributed by atoms with Crippen LogP contribution in [0.5, 0.6) is 0 Å². The summed E-state index contributed by atoms with van der Waals surface area (Å²) in [7, 11) is 0. The quantitative estimate of drug-likeness (QED) is 0.918. The summed E-state index contributed by atoms with van der Waals surface area (Å²) in [5.41, 5.74) is 0.521. The van der Waals surface area contributed by atoms with E-state index in [1.807, 2.05) is 0 Å². The van der Waals surface area contributed by atoms with Crippen molar-refractivity contribution in [3.05, 3.63) is 42.2 Å². The Balaban J connectivity index is 1.38. The second kappa shape index (κ2) is 6.51. The Morgan fingerprint density at radius 2 is 1.83 bits per heavy atom. The van der Waals surface area contributed by atoms with E-state index in [-0.39, 0.29) is 11.9 Å². The number of hydrogen-bond acceptors (Lipinski definition) is 6. The Morgan fingerprint density at radius 1 is 1.08 bits per heavy atom. The maximum absolute atomic E-state index is 12.4. The molecule has 2 fully saturated rings. The molecule has 1 aliphatic heterocycles. The Morgan fingerprint density at radius 3 is 2.54 bits per heavy atom. The van der Waals surface area contributed by atoms with Crippen LogP contribution in [0.25, 0.3) is 0 Å². The van der Waals surface area contributed by atoms with Crippen LogP contribution in [0, 0.1) is 0 Å². The molecular formula is C17H20N6O. The van der Waals surface area contributed by atoms with Gasteiger partial charge in [0.05, 0.1) is 5.56 Å². The van der Waals surface area contributed by atoms with Crippen LogP contribution in [-0.2, 0) is 0 Å². The van der Waals surface area contributed by atoms with Gasteiger partial charge in [0.25, 0.3) is 5.91 Å². The van der Waals surface area contributed by atoms with E-state index in [9.17, 15) is 4.79 Å². The van der Waals surface area contributed by atoms with E-state index in [0.717, 1.165) is 44.6 Å². The number of amides is 1. The third kappa shape index (κ3) is 3.34. The lowest BCUT2D eigenvalue weighted by Crippen LogP contribution is -2.48. The highest BCUT2D eigenvalue weighted by Gasteiger charge is 2.27. The summed E-state index contributed by atoms with van der Waals surface area (Å²) in [5, 5.41) is 3.08. The molecule has 0 radical (unpaired) electrons. The lowest BCUT2D eigenvalue weighted by Gasteiger charge is -2.33. The van der Waals surface area contributed by atoms with Crippen LogP contribution in [0.4, 0.5) is 5.95 Å². The van der Waals surface area contributed by atoms with E-state index in [2.05, 4.69) is 30.2 Å². The summed E-state index contributed by atoms with van der Waals surface area (Å²) in [4.78, 5) is 31.7. The maximum Gasteiger partial charge on any atom is 0.254 e. The van der Waals surface area contributed by atoms with E-state index in [0.29, 0.717) is 17.4 Å². The second-order valence-electron chi connectivity index (χ2n) is 6.41. The zero-order valence-corrected chi connectivity index (χ0v) is 13.4. The normalized spacial score (nSPS) is 20.7. The molecule has 0 spiro atoms. The molecule has 3 heterocycles. The summed E-state index contributed by atoms with van der Waals surface area (Å²) in [6.07, 6.45) is 11.0. The lowest BCUT2D eigenvalue weighted by molar-refractivity contribution is 0.0932. The molecule has 1 saturated carbocycles. The molecule has 4 rings (SSSR count). The number of anilines is 1. The molecule has 2 aromatic rings. The molecule has 0 unspecified atom stereocenters. The predicted molar refractivity (Wildman–Crippen MR) is 88.7 cm³/mol. The van der Waals surface area contributed by atoms with Crippen molar-refractivity contribution in [2.45, 2.75) is 37.6 Å². The topological polar surface area (TPSA) is 83.9 Å². The first-order chi connectivity index (χ1) is 11.8. The van der Waals surface area contributed by atoms with E-state index in [4.69, 9.17) is 0 Å². The first kappa shape index (κ1) is 15.0. The SMILES string of the molecule is O=C(N[C@@H]1CCCN(c2ncccn2)C1)c1cnc(C2CC2)nc1. The molecule has 1 aliphatic carbocycles. The molecule has 1 N–H and O–H groups in total. The van der Waals surface area contributed by atoms with Gasteiger partial charge in [-0.05, 0) is 31.7 Å². The van der Waals surface area contributed by atoms with E-state index in [1.54, 1.807) is 30.9 Å². The summed E-state index contributed by atoms with van der Waals surface area (Å²) in [6, 6.07) is 1.89. The number of nitrogens with one attached hydrogen (secondary N) is 1.